The molecule has 0 amide bonds. The Balaban J connectivity index is 0.00000280. The van der Waals surface area contributed by atoms with Crippen LogP contribution in [0.3, 0.4) is 0 Å². The van der Waals surface area contributed by atoms with Crippen molar-refractivity contribution in [1.82, 2.24) is 15.2 Å². The Morgan fingerprint density at radius 1 is 1.25 bits per heavy atom. The summed E-state index contributed by atoms with van der Waals surface area (Å²) in [4.78, 5) is 11.5. The third-order valence-electron chi connectivity index (χ3n) is 4.87. The lowest BCUT2D eigenvalue weighted by molar-refractivity contribution is -0.00832. The molecule has 1 saturated heterocycles. The summed E-state index contributed by atoms with van der Waals surface area (Å²) in [6, 6.07) is 12.7. The number of guanidine groups is 1. The number of benzene rings is 1. The number of hydrogen-bond acceptors (Lipinski definition) is 3. The number of aryl methyl sites for hydroxylation is 2. The van der Waals surface area contributed by atoms with Gasteiger partial charge in [-0.1, -0.05) is 30.3 Å². The first-order chi connectivity index (χ1) is 13.2. The monoisotopic (exact) mass is 494 g/mol. The van der Waals surface area contributed by atoms with Gasteiger partial charge in [0.15, 0.2) is 5.96 Å². The predicted molar refractivity (Wildman–Crippen MR) is 126 cm³/mol. The molecule has 5 nitrogen and oxygen atoms in total. The summed E-state index contributed by atoms with van der Waals surface area (Å²) in [5, 5.41) is 3.44. The van der Waals surface area contributed by atoms with Crippen LogP contribution >= 0.6 is 24.0 Å². The number of aromatic nitrogens is 1. The van der Waals surface area contributed by atoms with Gasteiger partial charge in [-0.2, -0.15) is 0 Å². The summed E-state index contributed by atoms with van der Waals surface area (Å²) < 4.78 is 6.06. The van der Waals surface area contributed by atoms with E-state index in [1.165, 1.54) is 16.7 Å². The van der Waals surface area contributed by atoms with Gasteiger partial charge in [0, 0.05) is 31.5 Å². The predicted octanol–water partition coefficient (Wildman–Crippen LogP) is 3.90. The summed E-state index contributed by atoms with van der Waals surface area (Å²) in [5.41, 5.74) is 4.81. The molecule has 3 rings (SSSR count). The molecule has 152 valence electrons. The first-order valence-electron chi connectivity index (χ1n) is 9.79. The van der Waals surface area contributed by atoms with E-state index in [4.69, 9.17) is 9.73 Å². The van der Waals surface area contributed by atoms with E-state index >= 15 is 0 Å². The van der Waals surface area contributed by atoms with E-state index < -0.39 is 0 Å². The van der Waals surface area contributed by atoms with Crippen molar-refractivity contribution in [3.05, 3.63) is 65.0 Å². The van der Waals surface area contributed by atoms with Crippen LogP contribution in [0.15, 0.2) is 47.6 Å². The van der Waals surface area contributed by atoms with Crippen molar-refractivity contribution in [2.24, 2.45) is 4.99 Å². The Morgan fingerprint density at radius 3 is 2.79 bits per heavy atom. The molecule has 1 aliphatic heterocycles. The lowest BCUT2D eigenvalue weighted by Gasteiger charge is -2.35. The summed E-state index contributed by atoms with van der Waals surface area (Å²) in [7, 11) is 0. The second-order valence-corrected chi connectivity index (χ2v) is 6.96. The fourth-order valence-corrected chi connectivity index (χ4v) is 3.34. The molecule has 1 aromatic heterocycles. The molecule has 2 heterocycles. The van der Waals surface area contributed by atoms with Gasteiger partial charge >= 0.3 is 0 Å². The zero-order valence-corrected chi connectivity index (χ0v) is 19.3. The third kappa shape index (κ3) is 6.17. The average molecular weight is 494 g/mol. The summed E-state index contributed by atoms with van der Waals surface area (Å²) in [5.74, 6) is 0.972. The van der Waals surface area contributed by atoms with Crippen molar-refractivity contribution in [1.29, 1.82) is 0 Å². The van der Waals surface area contributed by atoms with Gasteiger partial charge in [0.2, 0.25) is 0 Å². The van der Waals surface area contributed by atoms with E-state index in [0.29, 0.717) is 6.61 Å². The number of morpholine rings is 1. The number of nitrogens with zero attached hydrogens (tertiary/aromatic N) is 3. The Labute approximate surface area is 185 Å². The van der Waals surface area contributed by atoms with Crippen LogP contribution in [-0.2, 0) is 11.2 Å². The quantitative estimate of drug-likeness (QED) is 0.389. The van der Waals surface area contributed by atoms with Crippen LogP contribution in [0.25, 0.3) is 0 Å². The topological polar surface area (TPSA) is 49.8 Å². The van der Waals surface area contributed by atoms with E-state index in [9.17, 15) is 0 Å². The highest BCUT2D eigenvalue weighted by molar-refractivity contribution is 14.0. The first kappa shape index (κ1) is 22.6. The molecule has 28 heavy (non-hydrogen) atoms. The number of hydrogen-bond donors (Lipinski definition) is 1. The Morgan fingerprint density at radius 2 is 2.07 bits per heavy atom. The van der Waals surface area contributed by atoms with Crippen molar-refractivity contribution in [2.45, 2.75) is 33.3 Å². The number of aliphatic imine (C=N–C) groups is 1. The summed E-state index contributed by atoms with van der Waals surface area (Å²) in [6.45, 7) is 10.3. The minimum absolute atomic E-state index is 0. The van der Waals surface area contributed by atoms with Gasteiger partial charge in [0.25, 0.3) is 0 Å². The van der Waals surface area contributed by atoms with Crippen LogP contribution in [0.5, 0.6) is 0 Å². The van der Waals surface area contributed by atoms with Crippen LogP contribution in [0, 0.1) is 13.8 Å². The Bertz CT molecular complexity index is 763. The number of halogens is 1. The SMILES string of the molecule is CCNC(=NCCc1ccc(C)nc1)N1CCOC(c2ccccc2C)C1.I. The second kappa shape index (κ2) is 11.4. The minimum Gasteiger partial charge on any atom is -0.370 e. The van der Waals surface area contributed by atoms with E-state index in [1.807, 2.05) is 13.1 Å². The van der Waals surface area contributed by atoms with Gasteiger partial charge in [0.1, 0.15) is 6.10 Å². The molecular weight excluding hydrogens is 463 g/mol. The van der Waals surface area contributed by atoms with Gasteiger partial charge < -0.3 is 15.0 Å². The molecular formula is C22H31IN4O. The number of nitrogens with one attached hydrogen (secondary N) is 1. The minimum atomic E-state index is 0. The van der Waals surface area contributed by atoms with E-state index in [2.05, 4.69) is 65.4 Å². The van der Waals surface area contributed by atoms with Gasteiger partial charge in [-0.25, -0.2) is 0 Å². The molecule has 1 N–H and O–H groups in total. The smallest absolute Gasteiger partial charge is 0.194 e. The summed E-state index contributed by atoms with van der Waals surface area (Å²) >= 11 is 0. The van der Waals surface area contributed by atoms with E-state index in [-0.39, 0.29) is 30.1 Å². The van der Waals surface area contributed by atoms with Gasteiger partial charge in [-0.15, -0.1) is 24.0 Å². The number of ether oxygens (including phenoxy) is 1. The molecule has 6 heteroatoms. The molecule has 2 aromatic rings. The van der Waals surface area contributed by atoms with Gasteiger partial charge in [-0.05, 0) is 49.9 Å². The molecule has 0 saturated carbocycles. The van der Waals surface area contributed by atoms with Crippen molar-refractivity contribution < 1.29 is 4.74 Å². The van der Waals surface area contributed by atoms with Crippen LogP contribution in [0.4, 0.5) is 0 Å². The van der Waals surface area contributed by atoms with Crippen molar-refractivity contribution in [3.63, 3.8) is 0 Å². The molecule has 1 fully saturated rings. The number of pyridine rings is 1. The highest BCUT2D eigenvalue weighted by Gasteiger charge is 2.25. The summed E-state index contributed by atoms with van der Waals surface area (Å²) in [6.07, 6.45) is 2.93. The van der Waals surface area contributed by atoms with Gasteiger partial charge in [0.05, 0.1) is 13.2 Å². The molecule has 1 atom stereocenters. The maximum atomic E-state index is 6.06. The molecule has 0 radical (unpaired) electrons. The second-order valence-electron chi connectivity index (χ2n) is 6.96. The lowest BCUT2D eigenvalue weighted by Crippen LogP contribution is -2.48. The van der Waals surface area contributed by atoms with E-state index in [0.717, 1.165) is 44.3 Å². The van der Waals surface area contributed by atoms with Crippen LogP contribution in [-0.4, -0.2) is 48.6 Å². The molecule has 1 unspecified atom stereocenters. The van der Waals surface area contributed by atoms with Crippen molar-refractivity contribution in [2.75, 3.05) is 32.8 Å². The van der Waals surface area contributed by atoms with Crippen LogP contribution < -0.4 is 5.32 Å². The maximum Gasteiger partial charge on any atom is 0.194 e. The molecule has 1 aliphatic rings. The van der Waals surface area contributed by atoms with Gasteiger partial charge in [-0.3, -0.25) is 9.98 Å². The first-order valence-corrected chi connectivity index (χ1v) is 9.79. The molecule has 0 aliphatic carbocycles. The van der Waals surface area contributed by atoms with Crippen molar-refractivity contribution in [3.8, 4) is 0 Å². The zero-order valence-electron chi connectivity index (χ0n) is 17.0. The van der Waals surface area contributed by atoms with E-state index in [1.54, 1.807) is 0 Å². The third-order valence-corrected chi connectivity index (χ3v) is 4.87. The van der Waals surface area contributed by atoms with Crippen LogP contribution in [0.2, 0.25) is 0 Å². The molecule has 1 aromatic carbocycles. The highest BCUT2D eigenvalue weighted by Crippen LogP contribution is 2.25. The lowest BCUT2D eigenvalue weighted by atomic mass is 10.0. The fourth-order valence-electron chi connectivity index (χ4n) is 3.34. The largest absolute Gasteiger partial charge is 0.370 e. The highest BCUT2D eigenvalue weighted by atomic mass is 127. The zero-order chi connectivity index (χ0) is 19.1. The fraction of sp³-hybridized carbons (Fsp3) is 0.455. The number of rotatable bonds is 5. The Kier molecular flexibility index (Phi) is 9.18. The normalized spacial score (nSPS) is 17.2. The maximum absolute atomic E-state index is 6.06. The average Bonchev–Trinajstić information content (AvgIpc) is 2.69. The molecule has 0 bridgehead atoms. The standard InChI is InChI=1S/C22H30N4O.HI/c1-4-23-22(24-12-11-19-10-9-18(3)25-15-19)26-13-14-27-21(16-26)20-8-6-5-7-17(20)2;/h5-10,15,21H,4,11-14,16H2,1-3H3,(H,23,24);1H. The van der Waals surface area contributed by atoms with Crippen LogP contribution in [0.1, 0.15) is 35.4 Å². The Hall–Kier alpha value is -1.67. The molecule has 0 spiro atoms. The van der Waals surface area contributed by atoms with Crippen molar-refractivity contribution >= 4 is 29.9 Å².